The lowest BCUT2D eigenvalue weighted by Crippen LogP contribution is -2.23. The Hall–Kier alpha value is -1.37. The zero-order valence-electron chi connectivity index (χ0n) is 10.2. The molecule has 0 bridgehead atoms. The Balaban J connectivity index is 2.48. The monoisotopic (exact) mass is 211 g/mol. The molecule has 0 saturated heterocycles. The lowest BCUT2D eigenvalue weighted by atomic mass is 9.73. The fourth-order valence-electron chi connectivity index (χ4n) is 2.83. The highest BCUT2D eigenvalue weighted by atomic mass is 14.7. The van der Waals surface area contributed by atoms with Gasteiger partial charge in [-0.15, -0.1) is 0 Å². The molecule has 3 rings (SSSR count). The largest absolute Gasteiger partial charge is 0.261 e. The zero-order chi connectivity index (χ0) is 11.3. The van der Waals surface area contributed by atoms with Crippen molar-refractivity contribution in [2.24, 2.45) is 0 Å². The molecule has 0 saturated carbocycles. The van der Waals surface area contributed by atoms with E-state index >= 15 is 0 Å². The topological polar surface area (TPSA) is 12.9 Å². The van der Waals surface area contributed by atoms with Crippen molar-refractivity contribution in [2.45, 2.75) is 39.0 Å². The Kier molecular flexibility index (Phi) is 1.88. The number of rotatable bonds is 0. The van der Waals surface area contributed by atoms with Gasteiger partial charge in [0.1, 0.15) is 0 Å². The van der Waals surface area contributed by atoms with E-state index in [1.54, 1.807) is 0 Å². The molecule has 0 spiro atoms. The van der Waals surface area contributed by atoms with Crippen molar-refractivity contribution in [3.8, 4) is 0 Å². The molecule has 1 nitrogen and oxygen atoms in total. The van der Waals surface area contributed by atoms with E-state index in [2.05, 4.69) is 44.0 Å². The summed E-state index contributed by atoms with van der Waals surface area (Å²) in [6.45, 7) is 6.87. The molecule has 82 valence electrons. The van der Waals surface area contributed by atoms with E-state index in [0.717, 1.165) is 6.42 Å². The summed E-state index contributed by atoms with van der Waals surface area (Å²) in [5, 5.41) is 2.76. The van der Waals surface area contributed by atoms with Crippen LogP contribution in [0.15, 0.2) is 24.4 Å². The van der Waals surface area contributed by atoms with Crippen LogP contribution in [0.4, 0.5) is 0 Å². The molecule has 16 heavy (non-hydrogen) atoms. The number of aryl methyl sites for hydroxylation is 2. The number of benzene rings is 1. The van der Waals surface area contributed by atoms with Crippen LogP contribution in [0.1, 0.15) is 37.1 Å². The molecule has 0 radical (unpaired) electrons. The summed E-state index contributed by atoms with van der Waals surface area (Å²) in [5.41, 5.74) is 4.42. The van der Waals surface area contributed by atoms with Gasteiger partial charge in [0.05, 0.1) is 0 Å². The molecule has 1 heterocycles. The maximum atomic E-state index is 4.53. The molecule has 1 aromatic heterocycles. The fraction of sp³-hybridized carbons (Fsp3) is 0.400. The summed E-state index contributed by atoms with van der Waals surface area (Å²) in [5.74, 6) is 0. The van der Waals surface area contributed by atoms with Gasteiger partial charge in [-0.3, -0.25) is 4.98 Å². The van der Waals surface area contributed by atoms with Gasteiger partial charge in [0, 0.05) is 17.3 Å². The molecule has 1 aliphatic rings. The first-order chi connectivity index (χ1) is 7.58. The van der Waals surface area contributed by atoms with Crippen molar-refractivity contribution < 1.29 is 0 Å². The minimum Gasteiger partial charge on any atom is -0.261 e. The molecule has 0 atom stereocenters. The van der Waals surface area contributed by atoms with E-state index in [1.807, 2.05) is 6.20 Å². The summed E-state index contributed by atoms with van der Waals surface area (Å²) < 4.78 is 0. The Labute approximate surface area is 96.5 Å². The van der Waals surface area contributed by atoms with E-state index in [9.17, 15) is 0 Å². The van der Waals surface area contributed by atoms with Crippen molar-refractivity contribution in [1.29, 1.82) is 0 Å². The second kappa shape index (κ2) is 3.07. The Bertz CT molecular complexity index is 567. The van der Waals surface area contributed by atoms with Crippen LogP contribution in [0.2, 0.25) is 0 Å². The van der Waals surface area contributed by atoms with E-state index < -0.39 is 0 Å². The summed E-state index contributed by atoms with van der Waals surface area (Å²) in [4.78, 5) is 4.53. The van der Waals surface area contributed by atoms with Crippen LogP contribution in [-0.4, -0.2) is 4.98 Å². The predicted octanol–water partition coefficient (Wildman–Crippen LogP) is 3.77. The first kappa shape index (κ1) is 9.83. The average molecular weight is 211 g/mol. The van der Waals surface area contributed by atoms with E-state index in [4.69, 9.17) is 0 Å². The van der Waals surface area contributed by atoms with Crippen LogP contribution in [0.25, 0.3) is 10.8 Å². The van der Waals surface area contributed by atoms with Crippen LogP contribution in [0.5, 0.6) is 0 Å². The van der Waals surface area contributed by atoms with Gasteiger partial charge in [-0.25, -0.2) is 0 Å². The molecule has 0 amide bonds. The van der Waals surface area contributed by atoms with Crippen LogP contribution < -0.4 is 0 Å². The standard InChI is InChI=1S/C15H17N/c1-10-8-11-5-7-16-13-4-6-15(2,3)12(9-10)14(11)13/h5,7-9H,4,6H2,1-3H3. The minimum absolute atomic E-state index is 0.292. The van der Waals surface area contributed by atoms with Crippen molar-refractivity contribution in [3.63, 3.8) is 0 Å². The smallest absolute Gasteiger partial charge is 0.0485 e. The molecule has 0 N–H and O–H groups in total. The Morgan fingerprint density at radius 2 is 2.06 bits per heavy atom. The minimum atomic E-state index is 0.292. The van der Waals surface area contributed by atoms with Crippen molar-refractivity contribution in [2.75, 3.05) is 0 Å². The van der Waals surface area contributed by atoms with Gasteiger partial charge in [0.25, 0.3) is 0 Å². The van der Waals surface area contributed by atoms with E-state index in [-0.39, 0.29) is 0 Å². The summed E-state index contributed by atoms with van der Waals surface area (Å²) >= 11 is 0. The quantitative estimate of drug-likeness (QED) is 0.646. The molecular formula is C15H17N. The SMILES string of the molecule is Cc1cc2c3c(nccc3c1)CCC2(C)C. The maximum absolute atomic E-state index is 4.53. The van der Waals surface area contributed by atoms with Gasteiger partial charge in [-0.2, -0.15) is 0 Å². The van der Waals surface area contributed by atoms with Crippen molar-refractivity contribution in [3.05, 3.63) is 41.2 Å². The van der Waals surface area contributed by atoms with Gasteiger partial charge in [0.2, 0.25) is 0 Å². The molecule has 1 aliphatic carbocycles. The second-order valence-corrected chi connectivity index (χ2v) is 5.55. The Morgan fingerprint density at radius 3 is 2.88 bits per heavy atom. The number of aromatic nitrogens is 1. The second-order valence-electron chi connectivity index (χ2n) is 5.55. The highest BCUT2D eigenvalue weighted by Gasteiger charge is 2.28. The first-order valence-corrected chi connectivity index (χ1v) is 5.97. The molecule has 0 aliphatic heterocycles. The molecule has 2 aromatic rings. The van der Waals surface area contributed by atoms with Crippen LogP contribution in [-0.2, 0) is 11.8 Å². The number of hydrogen-bond donors (Lipinski definition) is 0. The normalized spacial score (nSPS) is 17.7. The average Bonchev–Trinajstić information content (AvgIpc) is 2.23. The predicted molar refractivity (Wildman–Crippen MR) is 67.8 cm³/mol. The van der Waals surface area contributed by atoms with Crippen molar-refractivity contribution in [1.82, 2.24) is 4.98 Å². The fourth-order valence-corrected chi connectivity index (χ4v) is 2.83. The molecule has 0 fully saturated rings. The summed E-state index contributed by atoms with van der Waals surface area (Å²) in [6, 6.07) is 6.74. The molecular weight excluding hydrogens is 194 g/mol. The highest BCUT2D eigenvalue weighted by Crippen LogP contribution is 2.40. The third-order valence-electron chi connectivity index (χ3n) is 3.80. The van der Waals surface area contributed by atoms with Gasteiger partial charge in [-0.1, -0.05) is 31.5 Å². The van der Waals surface area contributed by atoms with Gasteiger partial charge < -0.3 is 0 Å². The molecule has 0 unspecified atom stereocenters. The van der Waals surface area contributed by atoms with Gasteiger partial charge in [-0.05, 0) is 42.2 Å². The van der Waals surface area contributed by atoms with Crippen LogP contribution in [0.3, 0.4) is 0 Å². The Morgan fingerprint density at radius 1 is 1.25 bits per heavy atom. The van der Waals surface area contributed by atoms with E-state index in [0.29, 0.717) is 5.41 Å². The lowest BCUT2D eigenvalue weighted by Gasteiger charge is -2.32. The number of pyridine rings is 1. The van der Waals surface area contributed by atoms with Crippen LogP contribution in [0, 0.1) is 6.92 Å². The van der Waals surface area contributed by atoms with Crippen LogP contribution >= 0.6 is 0 Å². The third-order valence-corrected chi connectivity index (χ3v) is 3.80. The van der Waals surface area contributed by atoms with Gasteiger partial charge >= 0.3 is 0 Å². The van der Waals surface area contributed by atoms with Crippen molar-refractivity contribution >= 4 is 10.8 Å². The molecule has 1 aromatic carbocycles. The first-order valence-electron chi connectivity index (χ1n) is 5.97. The number of nitrogens with zero attached hydrogens (tertiary/aromatic N) is 1. The summed E-state index contributed by atoms with van der Waals surface area (Å²) in [6.07, 6.45) is 4.26. The van der Waals surface area contributed by atoms with Gasteiger partial charge in [0.15, 0.2) is 0 Å². The highest BCUT2D eigenvalue weighted by molar-refractivity contribution is 5.90. The maximum Gasteiger partial charge on any atom is 0.0485 e. The lowest BCUT2D eigenvalue weighted by molar-refractivity contribution is 0.470. The summed E-state index contributed by atoms with van der Waals surface area (Å²) in [7, 11) is 0. The zero-order valence-corrected chi connectivity index (χ0v) is 10.2. The third kappa shape index (κ3) is 1.27. The number of hydrogen-bond acceptors (Lipinski definition) is 1. The molecule has 1 heteroatoms. The van der Waals surface area contributed by atoms with E-state index in [1.165, 1.54) is 34.0 Å².